The van der Waals surface area contributed by atoms with Gasteiger partial charge < -0.3 is 4.98 Å². The number of benzene rings is 1. The maximum absolute atomic E-state index is 13.2. The SMILES string of the molecule is N#CNC(=O)c1ccnc2cc(Cc3ccc(F)c(Cl)c3)[nH]c12. The van der Waals surface area contributed by atoms with Crippen LogP contribution in [0.5, 0.6) is 0 Å². The van der Waals surface area contributed by atoms with Crippen LogP contribution in [0.2, 0.25) is 5.02 Å². The lowest BCUT2D eigenvalue weighted by molar-refractivity contribution is 0.0974. The molecule has 0 aliphatic carbocycles. The van der Waals surface area contributed by atoms with Crippen LogP contribution in [0.3, 0.4) is 0 Å². The highest BCUT2D eigenvalue weighted by Crippen LogP contribution is 2.22. The fourth-order valence-corrected chi connectivity index (χ4v) is 2.56. The standard InChI is InChI=1S/C16H10ClFN4O/c17-12-6-9(1-2-13(12)18)5-10-7-14-15(22-10)11(3-4-20-14)16(23)21-8-19/h1-4,6-7,22H,5H2,(H,21,23). The Labute approximate surface area is 135 Å². The minimum Gasteiger partial charge on any atom is -0.356 e. The van der Waals surface area contributed by atoms with Crippen molar-refractivity contribution in [1.82, 2.24) is 15.3 Å². The Morgan fingerprint density at radius 2 is 2.22 bits per heavy atom. The third-order valence-electron chi connectivity index (χ3n) is 3.37. The quantitative estimate of drug-likeness (QED) is 0.572. The molecule has 0 saturated carbocycles. The molecule has 0 saturated heterocycles. The predicted molar refractivity (Wildman–Crippen MR) is 83.4 cm³/mol. The van der Waals surface area contributed by atoms with Crippen molar-refractivity contribution in [3.05, 3.63) is 64.2 Å². The number of pyridine rings is 1. The molecule has 0 radical (unpaired) electrons. The van der Waals surface area contributed by atoms with Crippen molar-refractivity contribution >= 4 is 28.5 Å². The molecule has 0 aliphatic heterocycles. The molecule has 5 nitrogen and oxygen atoms in total. The number of hydrogen-bond acceptors (Lipinski definition) is 3. The summed E-state index contributed by atoms with van der Waals surface area (Å²) < 4.78 is 13.2. The Bertz CT molecular complexity index is 945. The number of amides is 1. The number of H-pyrrole nitrogens is 1. The summed E-state index contributed by atoms with van der Waals surface area (Å²) in [5, 5.41) is 10.7. The molecule has 0 unspecified atom stereocenters. The maximum atomic E-state index is 13.2. The van der Waals surface area contributed by atoms with E-state index in [-0.39, 0.29) is 5.02 Å². The maximum Gasteiger partial charge on any atom is 0.266 e. The normalized spacial score (nSPS) is 10.5. The number of halogens is 2. The van der Waals surface area contributed by atoms with E-state index in [0.717, 1.165) is 11.3 Å². The van der Waals surface area contributed by atoms with Gasteiger partial charge in [-0.15, -0.1) is 0 Å². The average Bonchev–Trinajstić information content (AvgIpc) is 2.93. The Morgan fingerprint density at radius 3 is 2.96 bits per heavy atom. The molecule has 2 N–H and O–H groups in total. The fourth-order valence-electron chi connectivity index (χ4n) is 2.35. The second-order valence-corrected chi connectivity index (χ2v) is 5.31. The molecule has 3 rings (SSSR count). The van der Waals surface area contributed by atoms with Gasteiger partial charge in [-0.2, -0.15) is 5.26 Å². The van der Waals surface area contributed by atoms with E-state index in [1.165, 1.54) is 18.3 Å². The number of hydrogen-bond donors (Lipinski definition) is 2. The van der Waals surface area contributed by atoms with Crippen LogP contribution < -0.4 is 5.32 Å². The monoisotopic (exact) mass is 328 g/mol. The lowest BCUT2D eigenvalue weighted by atomic mass is 10.1. The number of aromatic amines is 1. The van der Waals surface area contributed by atoms with E-state index in [2.05, 4.69) is 15.3 Å². The molecular weight excluding hydrogens is 319 g/mol. The molecule has 2 aromatic heterocycles. The summed E-state index contributed by atoms with van der Waals surface area (Å²) >= 11 is 5.78. The first-order valence-corrected chi connectivity index (χ1v) is 7.06. The van der Waals surface area contributed by atoms with Crippen molar-refractivity contribution in [2.45, 2.75) is 6.42 Å². The predicted octanol–water partition coefficient (Wildman–Crippen LogP) is 3.16. The summed E-state index contributed by atoms with van der Waals surface area (Å²) in [5.41, 5.74) is 3.11. The van der Waals surface area contributed by atoms with Crippen molar-refractivity contribution in [2.24, 2.45) is 0 Å². The van der Waals surface area contributed by atoms with Gasteiger partial charge in [0.25, 0.3) is 5.91 Å². The zero-order valence-electron chi connectivity index (χ0n) is 11.7. The van der Waals surface area contributed by atoms with Crippen molar-refractivity contribution in [3.63, 3.8) is 0 Å². The van der Waals surface area contributed by atoms with E-state index in [4.69, 9.17) is 16.9 Å². The van der Waals surface area contributed by atoms with Crippen molar-refractivity contribution < 1.29 is 9.18 Å². The van der Waals surface area contributed by atoms with Gasteiger partial charge >= 0.3 is 0 Å². The first-order valence-electron chi connectivity index (χ1n) is 6.68. The summed E-state index contributed by atoms with van der Waals surface area (Å²) in [6.45, 7) is 0. The first kappa shape index (κ1) is 15.0. The summed E-state index contributed by atoms with van der Waals surface area (Å²) in [7, 11) is 0. The van der Waals surface area contributed by atoms with E-state index < -0.39 is 11.7 Å². The average molecular weight is 329 g/mol. The summed E-state index contributed by atoms with van der Waals surface area (Å²) in [6.07, 6.45) is 3.59. The molecule has 1 aromatic carbocycles. The van der Waals surface area contributed by atoms with Crippen LogP contribution in [0, 0.1) is 17.3 Å². The van der Waals surface area contributed by atoms with E-state index in [1.807, 2.05) is 0 Å². The number of aromatic nitrogens is 2. The van der Waals surface area contributed by atoms with Gasteiger partial charge in [0.1, 0.15) is 5.82 Å². The van der Waals surface area contributed by atoms with Crippen LogP contribution in [0.25, 0.3) is 11.0 Å². The Hall–Kier alpha value is -2.91. The third-order valence-corrected chi connectivity index (χ3v) is 3.66. The molecule has 0 atom stereocenters. The Morgan fingerprint density at radius 1 is 1.39 bits per heavy atom. The molecule has 114 valence electrons. The molecule has 1 amide bonds. The van der Waals surface area contributed by atoms with Gasteiger partial charge in [0, 0.05) is 18.3 Å². The van der Waals surface area contributed by atoms with Crippen LogP contribution in [0.1, 0.15) is 21.6 Å². The van der Waals surface area contributed by atoms with Gasteiger partial charge in [0.05, 0.1) is 21.6 Å². The van der Waals surface area contributed by atoms with Gasteiger partial charge in [0.15, 0.2) is 6.19 Å². The van der Waals surface area contributed by atoms with Gasteiger partial charge in [-0.3, -0.25) is 15.1 Å². The number of fused-ring (bicyclic) bond motifs is 1. The number of nitrogens with zero attached hydrogens (tertiary/aromatic N) is 2. The molecule has 0 fully saturated rings. The van der Waals surface area contributed by atoms with E-state index in [1.54, 1.807) is 24.4 Å². The third kappa shape index (κ3) is 3.00. The van der Waals surface area contributed by atoms with Gasteiger partial charge in [-0.25, -0.2) is 4.39 Å². The molecule has 0 bridgehead atoms. The van der Waals surface area contributed by atoms with Crippen LogP contribution in [0.15, 0.2) is 36.5 Å². The number of carbonyl (C=O) groups excluding carboxylic acids is 1. The summed E-state index contributed by atoms with van der Waals surface area (Å²) in [4.78, 5) is 19.2. The smallest absolute Gasteiger partial charge is 0.266 e. The number of nitriles is 1. The van der Waals surface area contributed by atoms with Crippen molar-refractivity contribution in [3.8, 4) is 6.19 Å². The zero-order chi connectivity index (χ0) is 16.4. The van der Waals surface area contributed by atoms with Gasteiger partial charge in [-0.05, 0) is 29.8 Å². The van der Waals surface area contributed by atoms with Gasteiger partial charge in [-0.1, -0.05) is 17.7 Å². The number of nitrogens with one attached hydrogen (secondary N) is 2. The molecule has 2 heterocycles. The van der Waals surface area contributed by atoms with Crippen molar-refractivity contribution in [2.75, 3.05) is 0 Å². The Balaban J connectivity index is 1.97. The van der Waals surface area contributed by atoms with E-state index in [9.17, 15) is 9.18 Å². The lowest BCUT2D eigenvalue weighted by Crippen LogP contribution is -2.17. The van der Waals surface area contributed by atoms with Crippen LogP contribution in [-0.4, -0.2) is 15.9 Å². The highest BCUT2D eigenvalue weighted by atomic mass is 35.5. The first-order chi connectivity index (χ1) is 11.1. The second-order valence-electron chi connectivity index (χ2n) is 4.90. The molecule has 0 aliphatic rings. The van der Waals surface area contributed by atoms with Crippen LogP contribution in [-0.2, 0) is 6.42 Å². The molecule has 23 heavy (non-hydrogen) atoms. The minimum atomic E-state index is -0.502. The number of rotatable bonds is 3. The van der Waals surface area contributed by atoms with E-state index >= 15 is 0 Å². The molecule has 3 aromatic rings. The lowest BCUT2D eigenvalue weighted by Gasteiger charge is -2.01. The zero-order valence-corrected chi connectivity index (χ0v) is 12.5. The van der Waals surface area contributed by atoms with Gasteiger partial charge in [0.2, 0.25) is 0 Å². The topological polar surface area (TPSA) is 81.6 Å². The highest BCUT2D eigenvalue weighted by molar-refractivity contribution is 6.30. The van der Waals surface area contributed by atoms with Crippen molar-refractivity contribution in [1.29, 1.82) is 5.26 Å². The largest absolute Gasteiger partial charge is 0.356 e. The fraction of sp³-hybridized carbons (Fsp3) is 0.0625. The van der Waals surface area contributed by atoms with Crippen LogP contribution in [0.4, 0.5) is 4.39 Å². The molecule has 7 heteroatoms. The number of carbonyl (C=O) groups is 1. The Kier molecular flexibility index (Phi) is 3.96. The highest BCUT2D eigenvalue weighted by Gasteiger charge is 2.13. The van der Waals surface area contributed by atoms with Crippen LogP contribution >= 0.6 is 11.6 Å². The summed E-state index contributed by atoms with van der Waals surface area (Å²) in [5.74, 6) is -0.970. The summed E-state index contributed by atoms with van der Waals surface area (Å²) in [6, 6.07) is 7.84. The molecule has 0 spiro atoms. The molecular formula is C16H10ClFN4O. The van der Waals surface area contributed by atoms with E-state index in [0.29, 0.717) is 23.0 Å². The minimum absolute atomic E-state index is 0.0609. The second kappa shape index (κ2) is 6.07.